The van der Waals surface area contributed by atoms with E-state index in [-0.39, 0.29) is 55.8 Å². The van der Waals surface area contributed by atoms with Crippen LogP contribution < -0.4 is 16.4 Å². The topological polar surface area (TPSA) is 171 Å². The first kappa shape index (κ1) is 38.3. The minimum atomic E-state index is -1.17. The fourth-order valence-corrected chi connectivity index (χ4v) is 6.92. The van der Waals surface area contributed by atoms with Crippen molar-refractivity contribution in [1.82, 2.24) is 25.5 Å². The molecule has 3 aromatic rings. The maximum absolute atomic E-state index is 15.0. The van der Waals surface area contributed by atoms with Crippen molar-refractivity contribution < 1.29 is 24.3 Å². The van der Waals surface area contributed by atoms with Gasteiger partial charge in [-0.25, -0.2) is 4.98 Å². The molecule has 2 aromatic carbocycles. The third-order valence-corrected chi connectivity index (χ3v) is 9.49. The summed E-state index contributed by atoms with van der Waals surface area (Å²) in [4.78, 5) is 63.2. The van der Waals surface area contributed by atoms with Crippen molar-refractivity contribution in [2.75, 3.05) is 0 Å². The highest BCUT2D eigenvalue weighted by Crippen LogP contribution is 2.32. The van der Waals surface area contributed by atoms with Crippen molar-refractivity contribution in [1.29, 1.82) is 0 Å². The lowest BCUT2D eigenvalue weighted by molar-refractivity contribution is -0.149. The molecule has 1 aliphatic carbocycles. The third-order valence-electron chi connectivity index (χ3n) is 9.49. The molecular weight excluding hydrogens is 632 g/mol. The number of primary amides is 1. The Morgan fingerprint density at radius 2 is 1.60 bits per heavy atom. The number of amides is 4. The van der Waals surface area contributed by atoms with Gasteiger partial charge in [0, 0.05) is 38.4 Å². The van der Waals surface area contributed by atoms with E-state index in [0.717, 1.165) is 43.2 Å². The normalized spacial score (nSPS) is 15.8. The number of nitrogens with two attached hydrogens (primary N) is 1. The van der Waals surface area contributed by atoms with Crippen molar-refractivity contribution in [3.8, 4) is 0 Å². The minimum absolute atomic E-state index is 0.0218. The van der Waals surface area contributed by atoms with Crippen LogP contribution in [0.5, 0.6) is 0 Å². The van der Waals surface area contributed by atoms with E-state index >= 15 is 4.79 Å². The Balaban J connectivity index is 1.69. The summed E-state index contributed by atoms with van der Waals surface area (Å²) in [6.45, 7) is 4.22. The summed E-state index contributed by atoms with van der Waals surface area (Å²) in [5.41, 5.74) is 8.41. The number of imidazole rings is 1. The van der Waals surface area contributed by atoms with E-state index in [0.29, 0.717) is 18.7 Å². The molecule has 0 spiro atoms. The standard InChI is InChI=1S/C39H54N6O5/c1-27(2)20-37(48)44-32(21-28-12-6-3-7-13-28)39(50)45(34(38(40)49)23-31-25-41-26-43-31)33(22-29-14-8-4-9-15-29)35(46)18-19-36(47)42-24-30-16-10-5-11-17-30/h3,5-7,10-13,16-17,25-27,29,32-35,46H,4,8-9,14-15,18-24H2,1-2H3,(H2,40,49)(H,41,43)(H,42,47)(H,44,48)/t32-,33?,34-,35?/m0/s1. The molecule has 0 radical (unpaired) electrons. The molecule has 50 heavy (non-hydrogen) atoms. The lowest BCUT2D eigenvalue weighted by atomic mass is 9.82. The summed E-state index contributed by atoms with van der Waals surface area (Å²) < 4.78 is 0. The first-order valence-corrected chi connectivity index (χ1v) is 18.0. The summed E-state index contributed by atoms with van der Waals surface area (Å²) in [6, 6.07) is 15.9. The maximum atomic E-state index is 15.0. The molecule has 0 saturated heterocycles. The quantitative estimate of drug-likeness (QED) is 0.127. The lowest BCUT2D eigenvalue weighted by Crippen LogP contribution is -2.62. The van der Waals surface area contributed by atoms with Gasteiger partial charge in [-0.1, -0.05) is 107 Å². The van der Waals surface area contributed by atoms with Gasteiger partial charge in [0.15, 0.2) is 0 Å². The number of hydrogen-bond donors (Lipinski definition) is 5. The molecule has 11 nitrogen and oxygen atoms in total. The molecule has 0 aliphatic heterocycles. The number of benzene rings is 2. The van der Waals surface area contributed by atoms with Crippen LogP contribution in [0.1, 0.15) is 88.5 Å². The Labute approximate surface area is 295 Å². The van der Waals surface area contributed by atoms with E-state index < -0.39 is 36.0 Å². The van der Waals surface area contributed by atoms with Crippen LogP contribution in [0.4, 0.5) is 0 Å². The summed E-state index contributed by atoms with van der Waals surface area (Å²) in [5, 5.41) is 17.9. The number of aliphatic hydroxyl groups is 1. The van der Waals surface area contributed by atoms with Crippen molar-refractivity contribution in [3.63, 3.8) is 0 Å². The number of carbonyl (C=O) groups excluding carboxylic acids is 4. The van der Waals surface area contributed by atoms with E-state index in [1.165, 1.54) is 11.2 Å². The average molecular weight is 687 g/mol. The molecule has 2 unspecified atom stereocenters. The molecule has 0 bridgehead atoms. The zero-order chi connectivity index (χ0) is 35.9. The number of nitrogens with one attached hydrogen (secondary N) is 3. The van der Waals surface area contributed by atoms with Crippen molar-refractivity contribution in [3.05, 3.63) is 90.0 Å². The number of carbonyl (C=O) groups is 4. The van der Waals surface area contributed by atoms with Crippen molar-refractivity contribution >= 4 is 23.6 Å². The molecule has 1 fully saturated rings. The Hall–Kier alpha value is -4.51. The second-order valence-electron chi connectivity index (χ2n) is 14.0. The Morgan fingerprint density at radius 1 is 0.940 bits per heavy atom. The number of aliphatic hydroxyl groups excluding tert-OH is 1. The number of aromatic nitrogens is 2. The third kappa shape index (κ3) is 12.1. The predicted molar refractivity (Wildman–Crippen MR) is 192 cm³/mol. The molecule has 1 heterocycles. The second-order valence-corrected chi connectivity index (χ2v) is 14.0. The number of aromatic amines is 1. The first-order valence-electron chi connectivity index (χ1n) is 18.0. The van der Waals surface area contributed by atoms with Gasteiger partial charge in [0.2, 0.25) is 23.6 Å². The Morgan fingerprint density at radius 3 is 2.20 bits per heavy atom. The maximum Gasteiger partial charge on any atom is 0.246 e. The van der Waals surface area contributed by atoms with Gasteiger partial charge in [-0.15, -0.1) is 0 Å². The molecule has 4 amide bonds. The van der Waals surface area contributed by atoms with E-state index in [2.05, 4.69) is 20.6 Å². The summed E-state index contributed by atoms with van der Waals surface area (Å²) in [5.74, 6) is -1.49. The Kier molecular flexibility index (Phi) is 15.0. The smallest absolute Gasteiger partial charge is 0.246 e. The second kappa shape index (κ2) is 19.6. The predicted octanol–water partition coefficient (Wildman–Crippen LogP) is 4.20. The zero-order valence-corrected chi connectivity index (χ0v) is 29.4. The highest BCUT2D eigenvalue weighted by atomic mass is 16.3. The zero-order valence-electron chi connectivity index (χ0n) is 29.4. The fraction of sp³-hybridized carbons (Fsp3) is 0.513. The SMILES string of the molecule is CC(C)CC(=O)N[C@@H](Cc1ccccc1)C(=O)N(C(CC1CCCCC1)C(O)CCC(=O)NCc1ccccc1)[C@@H](Cc1c[nH]cn1)C(N)=O. The molecule has 4 rings (SSSR count). The summed E-state index contributed by atoms with van der Waals surface area (Å²) in [7, 11) is 0. The van der Waals surface area contributed by atoms with Crippen LogP contribution in [-0.4, -0.2) is 67.8 Å². The monoisotopic (exact) mass is 686 g/mol. The first-order chi connectivity index (χ1) is 24.1. The molecule has 11 heteroatoms. The van der Waals surface area contributed by atoms with Gasteiger partial charge in [-0.05, 0) is 35.8 Å². The fourth-order valence-electron chi connectivity index (χ4n) is 6.92. The van der Waals surface area contributed by atoms with Gasteiger partial charge < -0.3 is 31.4 Å². The molecule has 4 atom stereocenters. The van der Waals surface area contributed by atoms with Gasteiger partial charge in [-0.3, -0.25) is 19.2 Å². The average Bonchev–Trinajstić information content (AvgIpc) is 3.63. The van der Waals surface area contributed by atoms with Crippen LogP contribution in [0, 0.1) is 11.8 Å². The van der Waals surface area contributed by atoms with Crippen molar-refractivity contribution in [2.24, 2.45) is 17.6 Å². The van der Waals surface area contributed by atoms with Gasteiger partial charge in [-0.2, -0.15) is 0 Å². The molecule has 1 saturated carbocycles. The van der Waals surface area contributed by atoms with Crippen LogP contribution in [-0.2, 0) is 38.6 Å². The highest BCUT2D eigenvalue weighted by molar-refractivity contribution is 5.92. The molecule has 1 aliphatic rings. The number of hydrogen-bond acceptors (Lipinski definition) is 6. The summed E-state index contributed by atoms with van der Waals surface area (Å²) >= 11 is 0. The number of rotatable bonds is 19. The molecule has 6 N–H and O–H groups in total. The van der Waals surface area contributed by atoms with Crippen LogP contribution >= 0.6 is 0 Å². The number of nitrogens with zero attached hydrogens (tertiary/aromatic N) is 2. The van der Waals surface area contributed by atoms with Crippen LogP contribution in [0.15, 0.2) is 73.2 Å². The van der Waals surface area contributed by atoms with E-state index in [1.807, 2.05) is 74.5 Å². The molecular formula is C39H54N6O5. The largest absolute Gasteiger partial charge is 0.391 e. The molecule has 1 aromatic heterocycles. The van der Waals surface area contributed by atoms with E-state index in [4.69, 9.17) is 5.73 Å². The van der Waals surface area contributed by atoms with Gasteiger partial charge in [0.1, 0.15) is 12.1 Å². The van der Waals surface area contributed by atoms with Crippen LogP contribution in [0.3, 0.4) is 0 Å². The van der Waals surface area contributed by atoms with E-state index in [1.54, 1.807) is 6.20 Å². The van der Waals surface area contributed by atoms with Crippen LogP contribution in [0.2, 0.25) is 0 Å². The number of H-pyrrole nitrogens is 1. The van der Waals surface area contributed by atoms with Gasteiger partial charge in [0.05, 0.1) is 24.2 Å². The van der Waals surface area contributed by atoms with Crippen LogP contribution in [0.25, 0.3) is 0 Å². The summed E-state index contributed by atoms with van der Waals surface area (Å²) in [6.07, 6.45) is 8.01. The highest BCUT2D eigenvalue weighted by Gasteiger charge is 2.42. The van der Waals surface area contributed by atoms with E-state index in [9.17, 15) is 19.5 Å². The molecule has 270 valence electrons. The lowest BCUT2D eigenvalue weighted by Gasteiger charge is -2.42. The van der Waals surface area contributed by atoms with Gasteiger partial charge in [0.25, 0.3) is 0 Å². The minimum Gasteiger partial charge on any atom is -0.391 e. The Bertz CT molecular complexity index is 1480. The van der Waals surface area contributed by atoms with Gasteiger partial charge >= 0.3 is 0 Å². The van der Waals surface area contributed by atoms with Crippen molar-refractivity contribution in [2.45, 2.75) is 115 Å².